The van der Waals surface area contributed by atoms with Gasteiger partial charge in [0.15, 0.2) is 0 Å². The molecule has 0 amide bonds. The first-order valence-electron chi connectivity index (χ1n) is 21.8. The van der Waals surface area contributed by atoms with Crippen LogP contribution in [0.2, 0.25) is 0 Å². The van der Waals surface area contributed by atoms with Crippen LogP contribution in [0.15, 0.2) is 121 Å². The predicted octanol–water partition coefficient (Wildman–Crippen LogP) is 15.5. The van der Waals surface area contributed by atoms with Crippen LogP contribution in [0.1, 0.15) is 95.7 Å². The summed E-state index contributed by atoms with van der Waals surface area (Å²) in [5.74, 6) is 2.07. The Hall–Kier alpha value is -5.64. The van der Waals surface area contributed by atoms with Gasteiger partial charge in [-0.05, 0) is 124 Å². The summed E-state index contributed by atoms with van der Waals surface area (Å²) in [4.78, 5) is 9.45. The fraction of sp³-hybridized carbons (Fsp3) is 0.263. The molecule has 0 spiro atoms. The predicted molar refractivity (Wildman–Crippen MR) is 260 cm³/mol. The summed E-state index contributed by atoms with van der Waals surface area (Å²) < 4.78 is 8.87. The van der Waals surface area contributed by atoms with Crippen LogP contribution < -0.4 is 14.5 Å². The second-order valence-corrected chi connectivity index (χ2v) is 20.2. The molecule has 0 aliphatic carbocycles. The van der Waals surface area contributed by atoms with Crippen molar-refractivity contribution in [2.45, 2.75) is 99.3 Å². The number of anilines is 4. The van der Waals surface area contributed by atoms with Crippen LogP contribution in [0.4, 0.5) is 22.7 Å². The maximum absolute atomic E-state index is 6.67. The minimum Gasteiger partial charge on any atom is -0.509 e. The SMILES string of the molecule is Cc1cc(C)c(-c2ccc3c(c2)N(c2cc(C(C)(C)C)cc(C(C)(C)C)c2)[CH-]N3c2[c-]c(Oc3[c-]c4c(cc3)c3ccccc3n4-c3cc(C(C)(C)C)ccn3)ccc2)c(C)c1.[Pt]. The van der Waals surface area contributed by atoms with Crippen molar-refractivity contribution in [3.63, 3.8) is 0 Å². The minimum absolute atomic E-state index is 0. The quantitative estimate of drug-likeness (QED) is 0.155. The Balaban J connectivity index is 0.00000544. The van der Waals surface area contributed by atoms with Crippen LogP contribution >= 0.6 is 0 Å². The Morgan fingerprint density at radius 1 is 0.571 bits per heavy atom. The number of rotatable bonds is 6. The average Bonchev–Trinajstić information content (AvgIpc) is 3.75. The Morgan fingerprint density at radius 3 is 1.92 bits per heavy atom. The van der Waals surface area contributed by atoms with Crippen molar-refractivity contribution in [3.8, 4) is 28.4 Å². The monoisotopic (exact) mass is 1010 g/mol. The maximum Gasteiger partial charge on any atom is 0.135 e. The molecule has 6 heteroatoms. The van der Waals surface area contributed by atoms with Crippen LogP contribution in [0.25, 0.3) is 38.8 Å². The van der Waals surface area contributed by atoms with Gasteiger partial charge in [0.1, 0.15) is 5.82 Å². The van der Waals surface area contributed by atoms with Crippen LogP contribution in [0.3, 0.4) is 0 Å². The zero-order chi connectivity index (χ0) is 43.9. The maximum atomic E-state index is 6.67. The zero-order valence-electron chi connectivity index (χ0n) is 38.6. The molecular weight excluding hydrogens is 952 g/mol. The van der Waals surface area contributed by atoms with Crippen molar-refractivity contribution < 1.29 is 25.8 Å². The van der Waals surface area contributed by atoms with Gasteiger partial charge in [-0.2, -0.15) is 12.1 Å². The molecule has 3 heterocycles. The molecule has 324 valence electrons. The standard InChI is InChI=1S/C57H57N4O.Pt/c1-36-26-37(2)54(38(3)27-36)39-20-23-50-52(28-39)60(44-30-41(56(7,8)9)29-42(31-44)57(10,11)12)35-59(50)43-16-15-17-45(33-43)62-46-21-22-48-47-18-13-14-19-49(47)61(51(48)34-46)53-32-40(24-25-58-53)55(4,5)6;/h13-32,35H,1-12H3;/q-3;. The number of aryl methyl sites for hydroxylation is 3. The van der Waals surface area contributed by atoms with E-state index < -0.39 is 0 Å². The topological polar surface area (TPSA) is 33.5 Å². The summed E-state index contributed by atoms with van der Waals surface area (Å²) in [6, 6.07) is 48.8. The van der Waals surface area contributed by atoms with Crippen LogP contribution in [-0.2, 0) is 37.3 Å². The van der Waals surface area contributed by atoms with Crippen molar-refractivity contribution in [2.24, 2.45) is 0 Å². The summed E-state index contributed by atoms with van der Waals surface area (Å²) in [7, 11) is 0. The fourth-order valence-corrected chi connectivity index (χ4v) is 8.90. The number of ether oxygens (including phenoxy) is 1. The van der Waals surface area contributed by atoms with E-state index in [0.717, 1.165) is 50.4 Å². The first kappa shape index (κ1) is 44.0. The Labute approximate surface area is 389 Å². The number of benzene rings is 6. The van der Waals surface area contributed by atoms with Gasteiger partial charge < -0.3 is 19.1 Å². The van der Waals surface area contributed by atoms with E-state index in [0.29, 0.717) is 11.5 Å². The largest absolute Gasteiger partial charge is 0.509 e. The van der Waals surface area contributed by atoms with Crippen LogP contribution in [0, 0.1) is 39.6 Å². The van der Waals surface area contributed by atoms with Gasteiger partial charge in [-0.15, -0.1) is 48.1 Å². The fourth-order valence-electron chi connectivity index (χ4n) is 8.90. The molecule has 0 bridgehead atoms. The smallest absolute Gasteiger partial charge is 0.135 e. The third-order valence-corrected chi connectivity index (χ3v) is 12.2. The molecule has 9 rings (SSSR count). The van der Waals surface area contributed by atoms with Gasteiger partial charge in [-0.1, -0.05) is 116 Å². The van der Waals surface area contributed by atoms with E-state index in [-0.39, 0.29) is 37.3 Å². The van der Waals surface area contributed by atoms with Gasteiger partial charge in [0.2, 0.25) is 0 Å². The molecule has 0 atom stereocenters. The molecule has 5 nitrogen and oxygen atoms in total. The Bertz CT molecular complexity index is 2970. The second kappa shape index (κ2) is 16.2. The number of pyridine rings is 1. The molecule has 1 aliphatic rings. The molecule has 0 radical (unpaired) electrons. The Morgan fingerprint density at radius 2 is 1.24 bits per heavy atom. The Kier molecular flexibility index (Phi) is 11.3. The van der Waals surface area contributed by atoms with Crippen molar-refractivity contribution in [1.82, 2.24) is 9.55 Å². The number of para-hydroxylation sites is 1. The molecule has 0 unspecified atom stereocenters. The van der Waals surface area contributed by atoms with E-state index in [1.54, 1.807) is 0 Å². The zero-order valence-corrected chi connectivity index (χ0v) is 40.9. The minimum atomic E-state index is -0.0307. The third-order valence-electron chi connectivity index (χ3n) is 12.2. The van der Waals surface area contributed by atoms with E-state index in [1.165, 1.54) is 44.5 Å². The molecule has 0 fully saturated rings. The molecule has 6 aromatic carbocycles. The first-order valence-corrected chi connectivity index (χ1v) is 21.8. The van der Waals surface area contributed by atoms with Gasteiger partial charge >= 0.3 is 0 Å². The van der Waals surface area contributed by atoms with E-state index in [1.807, 2.05) is 24.4 Å². The van der Waals surface area contributed by atoms with Crippen molar-refractivity contribution >= 4 is 44.6 Å². The van der Waals surface area contributed by atoms with Gasteiger partial charge in [-0.25, -0.2) is 4.98 Å². The van der Waals surface area contributed by atoms with E-state index >= 15 is 0 Å². The molecular formula is C57H57N4OPt-3. The molecule has 2 aromatic heterocycles. The van der Waals surface area contributed by atoms with Gasteiger partial charge in [0.25, 0.3) is 0 Å². The van der Waals surface area contributed by atoms with Crippen molar-refractivity contribution in [2.75, 3.05) is 9.80 Å². The second-order valence-electron chi connectivity index (χ2n) is 20.2. The molecule has 0 saturated carbocycles. The van der Waals surface area contributed by atoms with Crippen molar-refractivity contribution in [3.05, 3.63) is 174 Å². The number of aromatic nitrogens is 2. The van der Waals surface area contributed by atoms with Gasteiger partial charge in [-0.3, -0.25) is 0 Å². The molecule has 1 aliphatic heterocycles. The summed E-state index contributed by atoms with van der Waals surface area (Å²) >= 11 is 0. The summed E-state index contributed by atoms with van der Waals surface area (Å²) in [5, 5.41) is 2.24. The molecule has 8 aromatic rings. The molecule has 0 N–H and O–H groups in total. The van der Waals surface area contributed by atoms with Crippen LogP contribution in [0.5, 0.6) is 11.5 Å². The van der Waals surface area contributed by atoms with Crippen molar-refractivity contribution in [1.29, 1.82) is 0 Å². The molecule has 63 heavy (non-hydrogen) atoms. The number of hydrogen-bond donors (Lipinski definition) is 0. The molecule has 0 saturated heterocycles. The number of hydrogen-bond acceptors (Lipinski definition) is 4. The van der Waals surface area contributed by atoms with E-state index in [4.69, 9.17) is 9.72 Å². The van der Waals surface area contributed by atoms with E-state index in [9.17, 15) is 0 Å². The number of fused-ring (bicyclic) bond motifs is 4. The normalized spacial score (nSPS) is 13.1. The summed E-state index contributed by atoms with van der Waals surface area (Å²) in [6.07, 6.45) is 1.90. The van der Waals surface area contributed by atoms with Gasteiger partial charge in [0.05, 0.1) is 0 Å². The van der Waals surface area contributed by atoms with Gasteiger partial charge in [0, 0.05) is 61.3 Å². The van der Waals surface area contributed by atoms with Crippen LogP contribution in [-0.4, -0.2) is 9.55 Å². The number of nitrogens with zero attached hydrogens (tertiary/aromatic N) is 4. The van der Waals surface area contributed by atoms with E-state index in [2.05, 4.69) is 213 Å². The summed E-state index contributed by atoms with van der Waals surface area (Å²) in [5.41, 5.74) is 16.3. The third kappa shape index (κ3) is 8.33. The first-order chi connectivity index (χ1) is 29.3. The average molecular weight is 1010 g/mol. The summed E-state index contributed by atoms with van der Waals surface area (Å²) in [6.45, 7) is 29.3.